The van der Waals surface area contributed by atoms with Gasteiger partial charge in [-0.3, -0.25) is 4.79 Å². The third-order valence-electron chi connectivity index (χ3n) is 4.35. The molecule has 0 saturated carbocycles. The minimum atomic E-state index is -0.509. The van der Waals surface area contributed by atoms with Crippen LogP contribution in [0.15, 0.2) is 64.4 Å². The van der Waals surface area contributed by atoms with Crippen molar-refractivity contribution in [2.75, 3.05) is 6.61 Å². The number of aromatic nitrogens is 2. The summed E-state index contributed by atoms with van der Waals surface area (Å²) in [5.74, 6) is -0.385. The Bertz CT molecular complexity index is 1280. The first-order valence-corrected chi connectivity index (χ1v) is 9.59. The summed E-state index contributed by atoms with van der Waals surface area (Å²) < 4.78 is 24.1. The second kappa shape index (κ2) is 8.93. The molecule has 1 N–H and O–H groups in total. The lowest BCUT2D eigenvalue weighted by molar-refractivity contribution is -0.123. The number of pyridine rings is 1. The van der Waals surface area contributed by atoms with Gasteiger partial charge in [-0.1, -0.05) is 28.4 Å². The first-order chi connectivity index (χ1) is 15.0. The number of hydrogen-bond acceptors (Lipinski definition) is 6. The van der Waals surface area contributed by atoms with E-state index in [-0.39, 0.29) is 17.5 Å². The number of hydrazone groups is 1. The number of nitrogens with zero attached hydrogens (tertiary/aromatic N) is 3. The molecule has 2 aromatic carbocycles. The van der Waals surface area contributed by atoms with Crippen LogP contribution in [0, 0.1) is 12.7 Å². The molecular formula is C22H16ClFN4O3. The van der Waals surface area contributed by atoms with Crippen LogP contribution in [0.3, 0.4) is 0 Å². The fraction of sp³-hybridized carbons (Fsp3) is 0.0909. The number of rotatable bonds is 6. The van der Waals surface area contributed by atoms with E-state index in [1.165, 1.54) is 30.6 Å². The molecule has 4 rings (SSSR count). The van der Waals surface area contributed by atoms with Crippen molar-refractivity contribution in [3.8, 4) is 17.1 Å². The van der Waals surface area contributed by atoms with Crippen LogP contribution in [0.1, 0.15) is 11.1 Å². The van der Waals surface area contributed by atoms with Crippen molar-refractivity contribution >= 4 is 34.6 Å². The van der Waals surface area contributed by atoms with Gasteiger partial charge in [0.25, 0.3) is 5.91 Å². The number of benzene rings is 2. The second-order valence-electron chi connectivity index (χ2n) is 6.66. The summed E-state index contributed by atoms with van der Waals surface area (Å²) in [5.41, 5.74) is 5.13. The SMILES string of the molecule is Cc1ccc2nc(Cl)c(/C=N/NC(=O)COc3ccc(F)cc3-c3ccno3)cc2c1. The van der Waals surface area contributed by atoms with Gasteiger partial charge in [-0.2, -0.15) is 5.10 Å². The van der Waals surface area contributed by atoms with Gasteiger partial charge in [-0.05, 0) is 43.3 Å². The summed E-state index contributed by atoms with van der Waals surface area (Å²) >= 11 is 6.19. The zero-order chi connectivity index (χ0) is 21.8. The molecule has 4 aromatic rings. The molecule has 0 saturated heterocycles. The van der Waals surface area contributed by atoms with Gasteiger partial charge in [-0.25, -0.2) is 14.8 Å². The van der Waals surface area contributed by atoms with Gasteiger partial charge >= 0.3 is 0 Å². The molecule has 2 heterocycles. The summed E-state index contributed by atoms with van der Waals surface area (Å²) in [6.45, 7) is 1.64. The van der Waals surface area contributed by atoms with Gasteiger partial charge in [0.1, 0.15) is 16.7 Å². The highest BCUT2D eigenvalue weighted by atomic mass is 35.5. The van der Waals surface area contributed by atoms with Gasteiger partial charge in [0.2, 0.25) is 0 Å². The van der Waals surface area contributed by atoms with E-state index < -0.39 is 11.7 Å². The standard InChI is InChI=1S/C22H16ClFN4O3/c1-13-2-4-18-14(8-13)9-15(22(23)27-18)11-25-28-21(29)12-30-19-5-3-16(24)10-17(19)20-6-7-26-31-20/h2-11H,12H2,1H3,(H,28,29)/b25-11+. The highest BCUT2D eigenvalue weighted by Gasteiger charge is 2.13. The molecule has 156 valence electrons. The highest BCUT2D eigenvalue weighted by Crippen LogP contribution is 2.30. The monoisotopic (exact) mass is 438 g/mol. The van der Waals surface area contributed by atoms with E-state index in [9.17, 15) is 9.18 Å². The summed E-state index contributed by atoms with van der Waals surface area (Å²) in [7, 11) is 0. The Morgan fingerprint density at radius 3 is 2.94 bits per heavy atom. The van der Waals surface area contributed by atoms with Crippen LogP contribution in [-0.2, 0) is 4.79 Å². The predicted molar refractivity (Wildman–Crippen MR) is 115 cm³/mol. The first-order valence-electron chi connectivity index (χ1n) is 9.22. The van der Waals surface area contributed by atoms with Crippen molar-refractivity contribution in [3.05, 3.63) is 76.8 Å². The van der Waals surface area contributed by atoms with E-state index in [0.29, 0.717) is 16.9 Å². The van der Waals surface area contributed by atoms with Gasteiger partial charge in [0.15, 0.2) is 12.4 Å². The van der Waals surface area contributed by atoms with Gasteiger partial charge in [-0.15, -0.1) is 0 Å². The smallest absolute Gasteiger partial charge is 0.277 e. The van der Waals surface area contributed by atoms with Crippen molar-refractivity contribution in [2.24, 2.45) is 5.10 Å². The van der Waals surface area contributed by atoms with E-state index in [0.717, 1.165) is 16.5 Å². The number of amides is 1. The first kappa shape index (κ1) is 20.5. The molecule has 0 fully saturated rings. The van der Waals surface area contributed by atoms with Crippen molar-refractivity contribution < 1.29 is 18.4 Å². The molecule has 0 aliphatic carbocycles. The number of aryl methyl sites for hydroxylation is 1. The third kappa shape index (κ3) is 4.87. The number of nitrogens with one attached hydrogen (secondary N) is 1. The van der Waals surface area contributed by atoms with E-state index in [1.54, 1.807) is 6.07 Å². The minimum absolute atomic E-state index is 0.272. The lowest BCUT2D eigenvalue weighted by Gasteiger charge is -2.09. The Kier molecular flexibility index (Phi) is 5.90. The van der Waals surface area contributed by atoms with Crippen LogP contribution in [0.2, 0.25) is 5.15 Å². The van der Waals surface area contributed by atoms with Crippen LogP contribution in [0.5, 0.6) is 5.75 Å². The van der Waals surface area contributed by atoms with Crippen molar-refractivity contribution in [1.82, 2.24) is 15.6 Å². The highest BCUT2D eigenvalue weighted by molar-refractivity contribution is 6.32. The van der Waals surface area contributed by atoms with Crippen LogP contribution in [-0.4, -0.2) is 28.9 Å². The molecule has 7 nitrogen and oxygen atoms in total. The fourth-order valence-corrected chi connectivity index (χ4v) is 3.10. The molecule has 9 heteroatoms. The number of ether oxygens (including phenoxy) is 1. The van der Waals surface area contributed by atoms with Gasteiger partial charge in [0.05, 0.1) is 23.5 Å². The molecule has 0 unspecified atom stereocenters. The average Bonchev–Trinajstić information content (AvgIpc) is 3.28. The summed E-state index contributed by atoms with van der Waals surface area (Å²) in [5, 5.41) is 8.70. The third-order valence-corrected chi connectivity index (χ3v) is 4.65. The lowest BCUT2D eigenvalue weighted by Crippen LogP contribution is -2.24. The predicted octanol–water partition coefficient (Wildman–Crippen LogP) is 4.52. The summed E-state index contributed by atoms with van der Waals surface area (Å²) in [6.07, 6.45) is 2.84. The molecule has 2 aromatic heterocycles. The zero-order valence-electron chi connectivity index (χ0n) is 16.3. The molecule has 0 spiro atoms. The van der Waals surface area contributed by atoms with Crippen LogP contribution in [0.25, 0.3) is 22.2 Å². The quantitative estimate of drug-likeness (QED) is 0.271. The summed E-state index contributed by atoms with van der Waals surface area (Å²) in [6, 6.07) is 13.1. The Labute approximate surface area is 181 Å². The second-order valence-corrected chi connectivity index (χ2v) is 7.02. The van der Waals surface area contributed by atoms with Crippen LogP contribution >= 0.6 is 11.6 Å². The minimum Gasteiger partial charge on any atom is -0.483 e. The lowest BCUT2D eigenvalue weighted by atomic mass is 10.1. The molecule has 0 atom stereocenters. The fourth-order valence-electron chi connectivity index (χ4n) is 2.90. The molecular weight excluding hydrogens is 423 g/mol. The Morgan fingerprint density at radius 1 is 1.26 bits per heavy atom. The average molecular weight is 439 g/mol. The zero-order valence-corrected chi connectivity index (χ0v) is 17.1. The van der Waals surface area contributed by atoms with E-state index in [1.807, 2.05) is 31.2 Å². The normalized spacial score (nSPS) is 11.2. The van der Waals surface area contributed by atoms with Gasteiger partial charge < -0.3 is 9.26 Å². The van der Waals surface area contributed by atoms with Crippen molar-refractivity contribution in [3.63, 3.8) is 0 Å². The maximum atomic E-state index is 13.6. The number of fused-ring (bicyclic) bond motifs is 1. The molecule has 0 aliphatic heterocycles. The number of hydrogen-bond donors (Lipinski definition) is 1. The van der Waals surface area contributed by atoms with Crippen molar-refractivity contribution in [2.45, 2.75) is 6.92 Å². The van der Waals surface area contributed by atoms with E-state index in [2.05, 4.69) is 20.7 Å². The topological polar surface area (TPSA) is 89.6 Å². The van der Waals surface area contributed by atoms with E-state index in [4.69, 9.17) is 20.9 Å². The Hall–Kier alpha value is -3.78. The number of carbonyl (C=O) groups is 1. The maximum absolute atomic E-state index is 13.6. The molecule has 1 amide bonds. The number of carbonyl (C=O) groups excluding carboxylic acids is 1. The van der Waals surface area contributed by atoms with Gasteiger partial charge in [0, 0.05) is 17.0 Å². The molecule has 0 bridgehead atoms. The molecule has 0 radical (unpaired) electrons. The van der Waals surface area contributed by atoms with Crippen LogP contribution < -0.4 is 10.2 Å². The Morgan fingerprint density at radius 2 is 2.13 bits per heavy atom. The van der Waals surface area contributed by atoms with Crippen LogP contribution in [0.4, 0.5) is 4.39 Å². The number of halogens is 2. The molecule has 0 aliphatic rings. The Balaban J connectivity index is 1.41. The van der Waals surface area contributed by atoms with Crippen molar-refractivity contribution in [1.29, 1.82) is 0 Å². The molecule has 31 heavy (non-hydrogen) atoms. The van der Waals surface area contributed by atoms with E-state index >= 15 is 0 Å². The maximum Gasteiger partial charge on any atom is 0.277 e. The largest absolute Gasteiger partial charge is 0.483 e. The summed E-state index contributed by atoms with van der Waals surface area (Å²) in [4.78, 5) is 16.4.